The van der Waals surface area contributed by atoms with Crippen LogP contribution >= 0.6 is 12.4 Å². The summed E-state index contributed by atoms with van der Waals surface area (Å²) >= 11 is 0. The maximum atomic E-state index is 14.8. The minimum absolute atomic E-state index is 0. The molecule has 174 valence electrons. The van der Waals surface area contributed by atoms with E-state index in [2.05, 4.69) is 5.32 Å². The van der Waals surface area contributed by atoms with E-state index in [0.717, 1.165) is 17.7 Å². The molecule has 3 aromatic carbocycles. The third-order valence-electron chi connectivity index (χ3n) is 4.60. The van der Waals surface area contributed by atoms with Gasteiger partial charge in [-0.05, 0) is 24.6 Å². The number of nitrogens with two attached hydrogens (primary N) is 1. The number of amides is 1. The maximum absolute atomic E-state index is 14.8. The summed E-state index contributed by atoms with van der Waals surface area (Å²) in [6.07, 6.45) is -1.47. The molecule has 0 aliphatic carbocycles. The minimum atomic E-state index is -1.47. The van der Waals surface area contributed by atoms with Crippen molar-refractivity contribution < 1.29 is 23.0 Å². The third kappa shape index (κ3) is 6.74. The Bertz CT molecular complexity index is 1070. The zero-order chi connectivity index (χ0) is 23.1. The molecule has 0 saturated heterocycles. The molecule has 3 rings (SSSR count). The van der Waals surface area contributed by atoms with Gasteiger partial charge in [0, 0.05) is 30.8 Å². The normalized spacial score (nSPS) is 11.2. The molecule has 0 aliphatic heterocycles. The van der Waals surface area contributed by atoms with Gasteiger partial charge in [-0.25, -0.2) is 8.78 Å². The standard InChI is InChI=1S/C24H23F2N3O3.ClH/c1-2-31-22(24(30)29-14-15-8-10-16(11-9-15)23(27)28)21-19(25)12-18(13-20(21)26)32-17-6-4-3-5-7-17;/h3-13,22H,2,14H2,1H3,(H3,27,28)(H,29,30);1H/t22-;/m0./s1. The first-order chi connectivity index (χ1) is 15.4. The lowest BCUT2D eigenvalue weighted by Crippen LogP contribution is -2.31. The largest absolute Gasteiger partial charge is 0.457 e. The highest BCUT2D eigenvalue weighted by atomic mass is 35.5. The molecule has 0 fully saturated rings. The summed E-state index contributed by atoms with van der Waals surface area (Å²) in [5.41, 5.74) is 6.21. The molecule has 0 aromatic heterocycles. The van der Waals surface area contributed by atoms with Crippen molar-refractivity contribution in [2.24, 2.45) is 5.73 Å². The molecule has 0 saturated carbocycles. The first-order valence-electron chi connectivity index (χ1n) is 9.93. The van der Waals surface area contributed by atoms with Crippen molar-refractivity contribution in [2.45, 2.75) is 19.6 Å². The summed E-state index contributed by atoms with van der Waals surface area (Å²) in [6, 6.07) is 17.3. The van der Waals surface area contributed by atoms with Crippen LogP contribution in [0.15, 0.2) is 66.7 Å². The van der Waals surface area contributed by atoms with Crippen molar-refractivity contribution in [1.82, 2.24) is 5.32 Å². The van der Waals surface area contributed by atoms with Gasteiger partial charge in [-0.15, -0.1) is 12.4 Å². The highest BCUT2D eigenvalue weighted by molar-refractivity contribution is 5.94. The average Bonchev–Trinajstić information content (AvgIpc) is 2.77. The molecule has 0 bridgehead atoms. The van der Waals surface area contributed by atoms with Gasteiger partial charge in [-0.2, -0.15) is 0 Å². The molecule has 33 heavy (non-hydrogen) atoms. The Morgan fingerprint density at radius 1 is 1.03 bits per heavy atom. The Labute approximate surface area is 196 Å². The first kappa shape index (κ1) is 25.8. The summed E-state index contributed by atoms with van der Waals surface area (Å²) in [5, 5.41) is 10.0. The van der Waals surface area contributed by atoms with Crippen molar-refractivity contribution in [1.29, 1.82) is 5.41 Å². The number of hydrogen-bond acceptors (Lipinski definition) is 4. The number of hydrogen-bond donors (Lipinski definition) is 3. The van der Waals surface area contributed by atoms with Crippen LogP contribution in [-0.4, -0.2) is 18.3 Å². The van der Waals surface area contributed by atoms with Gasteiger partial charge in [0.2, 0.25) is 0 Å². The molecular weight excluding hydrogens is 452 g/mol. The lowest BCUT2D eigenvalue weighted by Gasteiger charge is -2.19. The van der Waals surface area contributed by atoms with Gasteiger partial charge >= 0.3 is 0 Å². The molecule has 6 nitrogen and oxygen atoms in total. The quantitative estimate of drug-likeness (QED) is 0.304. The van der Waals surface area contributed by atoms with Crippen LogP contribution in [0.5, 0.6) is 11.5 Å². The summed E-state index contributed by atoms with van der Waals surface area (Å²) < 4.78 is 40.5. The number of halogens is 3. The van der Waals surface area contributed by atoms with Crippen molar-refractivity contribution in [2.75, 3.05) is 6.61 Å². The van der Waals surface area contributed by atoms with Gasteiger partial charge < -0.3 is 20.5 Å². The van der Waals surface area contributed by atoms with Gasteiger partial charge in [-0.3, -0.25) is 10.2 Å². The predicted molar refractivity (Wildman–Crippen MR) is 124 cm³/mol. The number of amidine groups is 1. The van der Waals surface area contributed by atoms with Crippen LogP contribution in [0.4, 0.5) is 8.78 Å². The molecule has 0 heterocycles. The van der Waals surface area contributed by atoms with E-state index in [1.807, 2.05) is 0 Å². The molecule has 0 radical (unpaired) electrons. The minimum Gasteiger partial charge on any atom is -0.457 e. The summed E-state index contributed by atoms with van der Waals surface area (Å²) in [7, 11) is 0. The molecule has 0 aliphatic rings. The van der Waals surface area contributed by atoms with Crippen molar-refractivity contribution in [3.8, 4) is 11.5 Å². The Morgan fingerprint density at radius 3 is 2.18 bits per heavy atom. The summed E-state index contributed by atoms with van der Waals surface area (Å²) in [4.78, 5) is 12.7. The molecule has 4 N–H and O–H groups in total. The van der Waals surface area contributed by atoms with E-state index in [-0.39, 0.29) is 37.1 Å². The SMILES string of the molecule is CCO[C@H](C(=O)NCc1ccc(C(=N)N)cc1)c1c(F)cc(Oc2ccccc2)cc1F.Cl. The van der Waals surface area contributed by atoms with Crippen LogP contribution in [0.25, 0.3) is 0 Å². The number of carbonyl (C=O) groups is 1. The zero-order valence-electron chi connectivity index (χ0n) is 17.8. The van der Waals surface area contributed by atoms with Gasteiger partial charge in [0.1, 0.15) is 29.0 Å². The fourth-order valence-electron chi connectivity index (χ4n) is 3.04. The predicted octanol–water partition coefficient (Wildman–Crippen LogP) is 4.86. The number of benzene rings is 3. The third-order valence-corrected chi connectivity index (χ3v) is 4.60. The number of nitrogens with one attached hydrogen (secondary N) is 2. The van der Waals surface area contributed by atoms with E-state index in [4.69, 9.17) is 20.6 Å². The second-order valence-electron chi connectivity index (χ2n) is 6.88. The molecule has 0 spiro atoms. The van der Waals surface area contributed by atoms with Crippen LogP contribution in [0.3, 0.4) is 0 Å². The average molecular weight is 476 g/mol. The zero-order valence-corrected chi connectivity index (χ0v) is 18.6. The lowest BCUT2D eigenvalue weighted by molar-refractivity contribution is -0.133. The van der Waals surface area contributed by atoms with E-state index in [9.17, 15) is 13.6 Å². The van der Waals surface area contributed by atoms with Crippen LogP contribution in [0.1, 0.15) is 29.7 Å². The second kappa shape index (κ2) is 11.9. The van der Waals surface area contributed by atoms with Crippen molar-refractivity contribution >= 4 is 24.1 Å². The second-order valence-corrected chi connectivity index (χ2v) is 6.88. The highest BCUT2D eigenvalue weighted by Crippen LogP contribution is 2.30. The van der Waals surface area contributed by atoms with E-state index in [1.165, 1.54) is 0 Å². The van der Waals surface area contributed by atoms with Crippen molar-refractivity contribution in [3.63, 3.8) is 0 Å². The van der Waals surface area contributed by atoms with Crippen molar-refractivity contribution in [3.05, 3.63) is 95.1 Å². The fourth-order valence-corrected chi connectivity index (χ4v) is 3.04. The first-order valence-corrected chi connectivity index (χ1v) is 9.93. The monoisotopic (exact) mass is 475 g/mol. The molecule has 9 heteroatoms. The van der Waals surface area contributed by atoms with E-state index < -0.39 is 29.2 Å². The number of ether oxygens (including phenoxy) is 2. The summed E-state index contributed by atoms with van der Waals surface area (Å²) in [5.74, 6) is -2.25. The van der Waals surface area contributed by atoms with E-state index in [1.54, 1.807) is 61.5 Å². The number of rotatable bonds is 9. The fraction of sp³-hybridized carbons (Fsp3) is 0.167. The number of para-hydroxylation sites is 1. The molecule has 0 unspecified atom stereocenters. The molecular formula is C24H24ClF2N3O3. The molecule has 1 amide bonds. The number of carbonyl (C=O) groups excluding carboxylic acids is 1. The van der Waals surface area contributed by atoms with Gasteiger partial charge in [0.15, 0.2) is 6.10 Å². The van der Waals surface area contributed by atoms with Crippen LogP contribution in [0, 0.1) is 17.0 Å². The smallest absolute Gasteiger partial charge is 0.254 e. The Balaban J connectivity index is 0.00000385. The maximum Gasteiger partial charge on any atom is 0.254 e. The van der Waals surface area contributed by atoms with Gasteiger partial charge in [0.05, 0.1) is 5.56 Å². The van der Waals surface area contributed by atoms with Gasteiger partial charge in [-0.1, -0.05) is 42.5 Å². The van der Waals surface area contributed by atoms with Crippen LogP contribution in [-0.2, 0) is 16.1 Å². The topological polar surface area (TPSA) is 97.4 Å². The highest BCUT2D eigenvalue weighted by Gasteiger charge is 2.28. The Hall–Kier alpha value is -3.49. The van der Waals surface area contributed by atoms with Crippen LogP contribution in [0.2, 0.25) is 0 Å². The van der Waals surface area contributed by atoms with E-state index in [0.29, 0.717) is 11.3 Å². The number of nitrogen functional groups attached to an aromatic ring is 1. The molecule has 3 aromatic rings. The van der Waals surface area contributed by atoms with E-state index >= 15 is 0 Å². The van der Waals surface area contributed by atoms with Crippen LogP contribution < -0.4 is 15.8 Å². The summed E-state index contributed by atoms with van der Waals surface area (Å²) in [6.45, 7) is 1.81. The Morgan fingerprint density at radius 2 is 1.64 bits per heavy atom. The Kier molecular flexibility index (Phi) is 9.32. The molecule has 1 atom stereocenters. The van der Waals surface area contributed by atoms with Gasteiger partial charge in [0.25, 0.3) is 5.91 Å². The lowest BCUT2D eigenvalue weighted by atomic mass is 10.1.